The number of hydrogen-bond acceptors (Lipinski definition) is 4. The van der Waals surface area contributed by atoms with Crippen molar-refractivity contribution in [2.24, 2.45) is 0 Å². The highest BCUT2D eigenvalue weighted by Crippen LogP contribution is 2.29. The van der Waals surface area contributed by atoms with Gasteiger partial charge in [0.25, 0.3) is 0 Å². The van der Waals surface area contributed by atoms with Gasteiger partial charge < -0.3 is 9.84 Å². The van der Waals surface area contributed by atoms with E-state index in [4.69, 9.17) is 14.8 Å². The van der Waals surface area contributed by atoms with Crippen molar-refractivity contribution in [3.05, 3.63) is 48.5 Å². The predicted octanol–water partition coefficient (Wildman–Crippen LogP) is 3.90. The smallest absolute Gasteiger partial charge is 0.173 e. The Labute approximate surface area is 140 Å². The number of aromatic nitrogens is 2. The van der Waals surface area contributed by atoms with Gasteiger partial charge in [0, 0.05) is 18.0 Å². The van der Waals surface area contributed by atoms with Crippen molar-refractivity contribution in [2.45, 2.75) is 18.5 Å². The van der Waals surface area contributed by atoms with Crippen molar-refractivity contribution in [1.29, 1.82) is 0 Å². The lowest BCUT2D eigenvalue weighted by Crippen LogP contribution is -1.98. The van der Waals surface area contributed by atoms with Crippen LogP contribution in [-0.4, -0.2) is 33.6 Å². The second-order valence-corrected chi connectivity index (χ2v) is 6.13. The Morgan fingerprint density at radius 3 is 2.65 bits per heavy atom. The highest BCUT2D eigenvalue weighted by molar-refractivity contribution is 7.99. The number of aliphatic hydroxyl groups is 1. The van der Waals surface area contributed by atoms with Gasteiger partial charge in [-0.2, -0.15) is 0 Å². The topological polar surface area (TPSA) is 47.3 Å². The molecule has 1 heterocycles. The first-order valence-electron chi connectivity index (χ1n) is 7.78. The van der Waals surface area contributed by atoms with Gasteiger partial charge in [0.2, 0.25) is 0 Å². The second-order valence-electron chi connectivity index (χ2n) is 5.07. The van der Waals surface area contributed by atoms with E-state index in [-0.39, 0.29) is 6.61 Å². The molecule has 0 aliphatic rings. The van der Waals surface area contributed by atoms with E-state index in [9.17, 15) is 0 Å². The van der Waals surface area contributed by atoms with Gasteiger partial charge in [0.05, 0.1) is 17.6 Å². The van der Waals surface area contributed by atoms with Gasteiger partial charge in [-0.1, -0.05) is 23.9 Å². The van der Waals surface area contributed by atoms with Crippen molar-refractivity contribution in [1.82, 2.24) is 9.55 Å². The summed E-state index contributed by atoms with van der Waals surface area (Å²) >= 11 is 1.67. The van der Waals surface area contributed by atoms with Gasteiger partial charge in [0.1, 0.15) is 5.75 Å². The molecule has 4 nitrogen and oxygen atoms in total. The molecule has 0 bridgehead atoms. The molecule has 2 aromatic carbocycles. The van der Waals surface area contributed by atoms with Crippen LogP contribution in [-0.2, 0) is 0 Å². The molecule has 5 heteroatoms. The van der Waals surface area contributed by atoms with Crippen LogP contribution in [0.15, 0.2) is 53.7 Å². The summed E-state index contributed by atoms with van der Waals surface area (Å²) in [4.78, 5) is 4.73. The van der Waals surface area contributed by atoms with Gasteiger partial charge in [-0.3, -0.25) is 4.57 Å². The number of nitrogens with zero attached hydrogens (tertiary/aromatic N) is 2. The zero-order valence-electron chi connectivity index (χ0n) is 13.1. The molecule has 3 rings (SSSR count). The first-order chi connectivity index (χ1) is 11.3. The van der Waals surface area contributed by atoms with E-state index in [1.807, 2.05) is 37.3 Å². The Balaban J connectivity index is 2.01. The molecule has 0 amide bonds. The zero-order valence-corrected chi connectivity index (χ0v) is 13.9. The van der Waals surface area contributed by atoms with Crippen molar-refractivity contribution >= 4 is 22.8 Å². The molecule has 23 heavy (non-hydrogen) atoms. The number of ether oxygens (including phenoxy) is 1. The number of aliphatic hydroxyl groups excluding tert-OH is 1. The van der Waals surface area contributed by atoms with Crippen LogP contribution in [0.4, 0.5) is 0 Å². The average molecular weight is 328 g/mol. The van der Waals surface area contributed by atoms with E-state index in [0.717, 1.165) is 39.8 Å². The molecule has 0 fully saturated rings. The van der Waals surface area contributed by atoms with Crippen LogP contribution in [0.2, 0.25) is 0 Å². The van der Waals surface area contributed by atoms with E-state index in [2.05, 4.69) is 22.8 Å². The third-order valence-electron chi connectivity index (χ3n) is 3.47. The molecular formula is C18H20N2O2S. The van der Waals surface area contributed by atoms with Crippen LogP contribution < -0.4 is 4.74 Å². The van der Waals surface area contributed by atoms with Crippen molar-refractivity contribution in [3.63, 3.8) is 0 Å². The van der Waals surface area contributed by atoms with E-state index < -0.39 is 0 Å². The molecule has 0 spiro atoms. The molecule has 0 atom stereocenters. The lowest BCUT2D eigenvalue weighted by Gasteiger charge is -2.10. The first-order valence-corrected chi connectivity index (χ1v) is 8.76. The summed E-state index contributed by atoms with van der Waals surface area (Å²) in [7, 11) is 0. The minimum atomic E-state index is 0.205. The monoisotopic (exact) mass is 328 g/mol. The largest absolute Gasteiger partial charge is 0.494 e. The highest BCUT2D eigenvalue weighted by atomic mass is 32.2. The van der Waals surface area contributed by atoms with Crippen molar-refractivity contribution in [3.8, 4) is 11.4 Å². The van der Waals surface area contributed by atoms with Crippen LogP contribution in [0.25, 0.3) is 16.7 Å². The lowest BCUT2D eigenvalue weighted by atomic mass is 10.2. The summed E-state index contributed by atoms with van der Waals surface area (Å²) in [5, 5.41) is 9.94. The summed E-state index contributed by atoms with van der Waals surface area (Å²) < 4.78 is 7.68. The molecule has 0 saturated heterocycles. The summed E-state index contributed by atoms with van der Waals surface area (Å²) in [6.07, 6.45) is 0.761. The second kappa shape index (κ2) is 7.53. The van der Waals surface area contributed by atoms with E-state index >= 15 is 0 Å². The fraction of sp³-hybridized carbons (Fsp3) is 0.278. The average Bonchev–Trinajstić information content (AvgIpc) is 2.94. The summed E-state index contributed by atoms with van der Waals surface area (Å²) in [6.45, 7) is 2.85. The third-order valence-corrected chi connectivity index (χ3v) is 4.49. The normalized spacial score (nSPS) is 11.0. The maximum Gasteiger partial charge on any atom is 0.173 e. The van der Waals surface area contributed by atoms with Gasteiger partial charge in [-0.15, -0.1) is 0 Å². The number of hydrogen-bond donors (Lipinski definition) is 1. The number of benzene rings is 2. The fourth-order valence-electron chi connectivity index (χ4n) is 2.44. The van der Waals surface area contributed by atoms with Crippen molar-refractivity contribution < 1.29 is 9.84 Å². The highest BCUT2D eigenvalue weighted by Gasteiger charge is 2.12. The molecule has 0 unspecified atom stereocenters. The molecule has 0 saturated carbocycles. The summed E-state index contributed by atoms with van der Waals surface area (Å²) in [5.74, 6) is 1.71. The molecule has 120 valence electrons. The number of imidazole rings is 1. The summed E-state index contributed by atoms with van der Waals surface area (Å²) in [6, 6.07) is 16.2. The predicted molar refractivity (Wildman–Crippen MR) is 94.7 cm³/mol. The van der Waals surface area contributed by atoms with Crippen LogP contribution >= 0.6 is 11.8 Å². The van der Waals surface area contributed by atoms with Gasteiger partial charge in [-0.25, -0.2) is 4.98 Å². The molecule has 0 radical (unpaired) electrons. The van der Waals surface area contributed by atoms with E-state index in [0.29, 0.717) is 6.61 Å². The Morgan fingerprint density at radius 1 is 1.13 bits per heavy atom. The maximum absolute atomic E-state index is 9.00. The van der Waals surface area contributed by atoms with Crippen molar-refractivity contribution in [2.75, 3.05) is 19.0 Å². The molecule has 3 aromatic rings. The quantitative estimate of drug-likeness (QED) is 0.528. The minimum Gasteiger partial charge on any atom is -0.494 e. The van der Waals surface area contributed by atoms with E-state index in [1.54, 1.807) is 11.8 Å². The number of rotatable bonds is 7. The zero-order chi connectivity index (χ0) is 16.1. The molecule has 0 aliphatic heterocycles. The standard InChI is InChI=1S/C18H20N2O2S/c1-2-22-15-10-8-14(9-11-15)20-17-7-4-3-6-16(17)19-18(20)23-13-5-12-21/h3-4,6-11,21H,2,5,12-13H2,1H3. The number of para-hydroxylation sites is 2. The van der Waals surface area contributed by atoms with Gasteiger partial charge >= 0.3 is 0 Å². The first kappa shape index (κ1) is 15.9. The molecule has 0 aliphatic carbocycles. The van der Waals surface area contributed by atoms with E-state index in [1.165, 1.54) is 0 Å². The Kier molecular flexibility index (Phi) is 5.20. The Bertz CT molecular complexity index is 768. The molecular weight excluding hydrogens is 308 g/mol. The van der Waals surface area contributed by atoms with Gasteiger partial charge in [-0.05, 0) is 49.7 Å². The third kappa shape index (κ3) is 3.51. The Hall–Kier alpha value is -1.98. The number of thioether (sulfide) groups is 1. The summed E-state index contributed by atoms with van der Waals surface area (Å²) in [5.41, 5.74) is 3.13. The Morgan fingerprint density at radius 2 is 1.91 bits per heavy atom. The SMILES string of the molecule is CCOc1ccc(-n2c(SCCCO)nc3ccccc32)cc1. The number of fused-ring (bicyclic) bond motifs is 1. The van der Waals surface area contributed by atoms with Crippen LogP contribution in [0, 0.1) is 0 Å². The molecule has 1 aromatic heterocycles. The van der Waals surface area contributed by atoms with Crippen LogP contribution in [0.5, 0.6) is 5.75 Å². The fourth-order valence-corrected chi connectivity index (χ4v) is 3.39. The minimum absolute atomic E-state index is 0.205. The van der Waals surface area contributed by atoms with Gasteiger partial charge in [0.15, 0.2) is 5.16 Å². The lowest BCUT2D eigenvalue weighted by molar-refractivity contribution is 0.296. The molecule has 1 N–H and O–H groups in total. The maximum atomic E-state index is 9.00. The van der Waals surface area contributed by atoms with Crippen LogP contribution in [0.3, 0.4) is 0 Å². The van der Waals surface area contributed by atoms with Crippen LogP contribution in [0.1, 0.15) is 13.3 Å².